The van der Waals surface area contributed by atoms with Crippen LogP contribution in [-0.4, -0.2) is 36.5 Å². The van der Waals surface area contributed by atoms with E-state index < -0.39 is 0 Å². The molecule has 0 fully saturated rings. The maximum Gasteiger partial charge on any atom is 0.125 e. The zero-order valence-corrected chi connectivity index (χ0v) is 9.20. The molecule has 0 amide bonds. The molecule has 0 saturated heterocycles. The number of anilines is 1. The normalized spacial score (nSPS) is 10.3. The molecule has 0 bridgehead atoms. The van der Waals surface area contributed by atoms with Gasteiger partial charge >= 0.3 is 0 Å². The minimum Gasteiger partial charge on any atom is -0.394 e. The number of nitrogens with one attached hydrogen (secondary N) is 1. The average Bonchev–Trinajstić information content (AvgIpc) is 2.26. The fourth-order valence-electron chi connectivity index (χ4n) is 1.04. The molecular formula is C10H15ClN2O2. The fourth-order valence-corrected chi connectivity index (χ4v) is 1.15. The van der Waals surface area contributed by atoms with Crippen LogP contribution in [0, 0.1) is 0 Å². The molecule has 1 aromatic rings. The summed E-state index contributed by atoms with van der Waals surface area (Å²) >= 11 is 5.70. The van der Waals surface area contributed by atoms with Crippen LogP contribution in [0.2, 0.25) is 5.02 Å². The maximum atomic E-state index is 8.46. The molecule has 0 unspecified atom stereocenters. The predicted molar refractivity (Wildman–Crippen MR) is 60.3 cm³/mol. The molecule has 0 aliphatic heterocycles. The molecule has 1 rings (SSSR count). The largest absolute Gasteiger partial charge is 0.394 e. The van der Waals surface area contributed by atoms with Gasteiger partial charge in [-0.15, -0.1) is 0 Å². The number of aliphatic hydroxyl groups is 1. The minimum atomic E-state index is 0.0756. The smallest absolute Gasteiger partial charge is 0.125 e. The van der Waals surface area contributed by atoms with Crippen LogP contribution >= 0.6 is 11.6 Å². The molecule has 0 spiro atoms. The van der Waals surface area contributed by atoms with Crippen LogP contribution < -0.4 is 5.32 Å². The summed E-state index contributed by atoms with van der Waals surface area (Å²) in [5.74, 6) is 0.807. The lowest BCUT2D eigenvalue weighted by Crippen LogP contribution is -2.08. The summed E-state index contributed by atoms with van der Waals surface area (Å²) in [5, 5.41) is 12.2. The fraction of sp³-hybridized carbons (Fsp3) is 0.500. The molecule has 0 saturated carbocycles. The zero-order chi connectivity index (χ0) is 10.9. The summed E-state index contributed by atoms with van der Waals surface area (Å²) in [5.41, 5.74) is 0. The highest BCUT2D eigenvalue weighted by atomic mass is 35.5. The van der Waals surface area contributed by atoms with Gasteiger partial charge in [-0.1, -0.05) is 11.6 Å². The second-order valence-corrected chi connectivity index (χ2v) is 3.41. The number of pyridine rings is 1. The Balaban J connectivity index is 2.07. The summed E-state index contributed by atoms with van der Waals surface area (Å²) in [4.78, 5) is 4.09. The van der Waals surface area contributed by atoms with Crippen LogP contribution in [0.1, 0.15) is 6.42 Å². The molecule has 2 N–H and O–H groups in total. The van der Waals surface area contributed by atoms with E-state index in [1.807, 2.05) is 6.07 Å². The van der Waals surface area contributed by atoms with Crippen LogP contribution in [0.15, 0.2) is 18.3 Å². The lowest BCUT2D eigenvalue weighted by atomic mass is 10.4. The number of nitrogens with zero attached hydrogens (tertiary/aromatic N) is 1. The van der Waals surface area contributed by atoms with Crippen LogP contribution in [0.4, 0.5) is 5.82 Å². The number of hydrogen-bond donors (Lipinski definition) is 2. The average molecular weight is 231 g/mol. The van der Waals surface area contributed by atoms with Gasteiger partial charge in [0.1, 0.15) is 5.82 Å². The molecule has 1 heterocycles. The van der Waals surface area contributed by atoms with E-state index in [0.29, 0.717) is 18.2 Å². The third kappa shape index (κ3) is 5.57. The SMILES string of the molecule is OCCOCCCNc1ccc(Cl)cn1. The van der Waals surface area contributed by atoms with Crippen LogP contribution in [0.3, 0.4) is 0 Å². The molecule has 4 nitrogen and oxygen atoms in total. The van der Waals surface area contributed by atoms with Gasteiger partial charge in [-0.2, -0.15) is 0 Å². The summed E-state index contributed by atoms with van der Waals surface area (Å²) in [6.45, 7) is 1.91. The van der Waals surface area contributed by atoms with Crippen molar-refractivity contribution in [1.29, 1.82) is 0 Å². The number of aromatic nitrogens is 1. The lowest BCUT2D eigenvalue weighted by Gasteiger charge is -2.05. The molecule has 0 aromatic carbocycles. The van der Waals surface area contributed by atoms with Gasteiger partial charge in [0.25, 0.3) is 0 Å². The number of hydrogen-bond acceptors (Lipinski definition) is 4. The second-order valence-electron chi connectivity index (χ2n) is 2.98. The first-order valence-corrected chi connectivity index (χ1v) is 5.25. The molecule has 84 valence electrons. The van der Waals surface area contributed by atoms with Crippen molar-refractivity contribution in [3.05, 3.63) is 23.4 Å². The number of ether oxygens (including phenoxy) is 1. The quantitative estimate of drug-likeness (QED) is 0.698. The van der Waals surface area contributed by atoms with E-state index in [-0.39, 0.29) is 6.61 Å². The van der Waals surface area contributed by atoms with Crippen molar-refractivity contribution in [1.82, 2.24) is 4.98 Å². The van der Waals surface area contributed by atoms with Gasteiger partial charge in [0.15, 0.2) is 0 Å². The molecule has 5 heteroatoms. The number of rotatable bonds is 7. The van der Waals surface area contributed by atoms with E-state index >= 15 is 0 Å². The van der Waals surface area contributed by atoms with E-state index in [0.717, 1.165) is 18.8 Å². The third-order valence-electron chi connectivity index (χ3n) is 1.73. The Hall–Kier alpha value is -0.840. The zero-order valence-electron chi connectivity index (χ0n) is 8.45. The van der Waals surface area contributed by atoms with Gasteiger partial charge in [0, 0.05) is 19.3 Å². The standard InChI is InChI=1S/C10H15ClN2O2/c11-9-2-3-10(13-8-9)12-4-1-6-15-7-5-14/h2-3,8,14H,1,4-7H2,(H,12,13). The molecule has 15 heavy (non-hydrogen) atoms. The van der Waals surface area contributed by atoms with Gasteiger partial charge < -0.3 is 15.2 Å². The van der Waals surface area contributed by atoms with Gasteiger partial charge in [-0.05, 0) is 18.6 Å². The Morgan fingerprint density at radius 1 is 1.40 bits per heavy atom. The predicted octanol–water partition coefficient (Wildman–Crippen LogP) is 1.55. The van der Waals surface area contributed by atoms with Crippen molar-refractivity contribution in [2.45, 2.75) is 6.42 Å². The first kappa shape index (κ1) is 12.2. The van der Waals surface area contributed by atoms with Gasteiger partial charge in [-0.25, -0.2) is 4.98 Å². The highest BCUT2D eigenvalue weighted by Crippen LogP contribution is 2.09. The minimum absolute atomic E-state index is 0.0756. The number of halogens is 1. The lowest BCUT2D eigenvalue weighted by molar-refractivity contribution is 0.0922. The van der Waals surface area contributed by atoms with E-state index in [2.05, 4.69) is 10.3 Å². The second kappa shape index (κ2) is 7.45. The molecular weight excluding hydrogens is 216 g/mol. The Bertz CT molecular complexity index is 267. The van der Waals surface area contributed by atoms with Crippen molar-refractivity contribution >= 4 is 17.4 Å². The van der Waals surface area contributed by atoms with Gasteiger partial charge in [0.2, 0.25) is 0 Å². The van der Waals surface area contributed by atoms with E-state index in [1.54, 1.807) is 12.3 Å². The summed E-state index contributed by atoms with van der Waals surface area (Å²) in [6.07, 6.45) is 2.48. The molecule has 0 aliphatic rings. The molecule has 1 aromatic heterocycles. The Morgan fingerprint density at radius 2 is 2.27 bits per heavy atom. The number of aliphatic hydroxyl groups excluding tert-OH is 1. The molecule has 0 aliphatic carbocycles. The van der Waals surface area contributed by atoms with Crippen molar-refractivity contribution in [3.63, 3.8) is 0 Å². The Kier molecular flexibility index (Phi) is 6.08. The van der Waals surface area contributed by atoms with E-state index in [9.17, 15) is 0 Å². The van der Waals surface area contributed by atoms with Crippen molar-refractivity contribution in [3.8, 4) is 0 Å². The molecule has 0 atom stereocenters. The Morgan fingerprint density at radius 3 is 2.93 bits per heavy atom. The summed E-state index contributed by atoms with van der Waals surface area (Å²) in [6, 6.07) is 3.62. The van der Waals surface area contributed by atoms with Gasteiger partial charge in [-0.3, -0.25) is 0 Å². The van der Waals surface area contributed by atoms with Gasteiger partial charge in [0.05, 0.1) is 18.2 Å². The van der Waals surface area contributed by atoms with Crippen LogP contribution in [0.25, 0.3) is 0 Å². The van der Waals surface area contributed by atoms with E-state index in [1.165, 1.54) is 0 Å². The Labute approximate surface area is 94.2 Å². The summed E-state index contributed by atoms with van der Waals surface area (Å²) < 4.78 is 5.11. The van der Waals surface area contributed by atoms with Crippen molar-refractivity contribution < 1.29 is 9.84 Å². The van der Waals surface area contributed by atoms with E-state index in [4.69, 9.17) is 21.4 Å². The maximum absolute atomic E-state index is 8.46. The highest BCUT2D eigenvalue weighted by molar-refractivity contribution is 6.30. The third-order valence-corrected chi connectivity index (χ3v) is 1.96. The highest BCUT2D eigenvalue weighted by Gasteiger charge is 1.93. The molecule has 0 radical (unpaired) electrons. The topological polar surface area (TPSA) is 54.4 Å². The van der Waals surface area contributed by atoms with Crippen molar-refractivity contribution in [2.24, 2.45) is 0 Å². The van der Waals surface area contributed by atoms with Crippen molar-refractivity contribution in [2.75, 3.05) is 31.7 Å². The first-order chi connectivity index (χ1) is 7.33. The van der Waals surface area contributed by atoms with Crippen LogP contribution in [-0.2, 0) is 4.74 Å². The first-order valence-electron chi connectivity index (χ1n) is 4.87. The van der Waals surface area contributed by atoms with Crippen LogP contribution in [0.5, 0.6) is 0 Å². The monoisotopic (exact) mass is 230 g/mol. The summed E-state index contributed by atoms with van der Waals surface area (Å²) in [7, 11) is 0.